The van der Waals surface area contributed by atoms with Crippen LogP contribution in [0.4, 0.5) is 11.4 Å². The number of benzene rings is 3. The maximum atomic E-state index is 11.3. The summed E-state index contributed by atoms with van der Waals surface area (Å²) in [6, 6.07) is 33.7. The zero-order chi connectivity index (χ0) is 34.1. The molecule has 0 saturated carbocycles. The number of aliphatic carboxylic acids is 1. The van der Waals surface area contributed by atoms with E-state index in [2.05, 4.69) is 110 Å². The van der Waals surface area contributed by atoms with Gasteiger partial charge in [-0.2, -0.15) is 10.4 Å². The highest BCUT2D eigenvalue weighted by molar-refractivity contribution is 7.23. The summed E-state index contributed by atoms with van der Waals surface area (Å²) in [5, 5.41) is 26.8. The molecule has 0 saturated heterocycles. The summed E-state index contributed by atoms with van der Waals surface area (Å²) in [5.41, 5.74) is 7.53. The van der Waals surface area contributed by atoms with Gasteiger partial charge in [0.25, 0.3) is 0 Å². The van der Waals surface area contributed by atoms with Gasteiger partial charge < -0.3 is 10.0 Å². The molecular formula is C39H33N5O2S3. The number of aryl methyl sites for hydroxylation is 1. The van der Waals surface area contributed by atoms with Crippen molar-refractivity contribution in [2.45, 2.75) is 33.2 Å². The Morgan fingerprint density at radius 3 is 2.37 bits per heavy atom. The lowest BCUT2D eigenvalue weighted by Gasteiger charge is -2.26. The largest absolute Gasteiger partial charge is 0.477 e. The van der Waals surface area contributed by atoms with Crippen LogP contribution in [0.5, 0.6) is 0 Å². The number of aromatic nitrogens is 1. The number of hydrazone groups is 1. The normalized spacial score (nSPS) is 14.7. The third-order valence-electron chi connectivity index (χ3n) is 8.64. The van der Waals surface area contributed by atoms with Crippen molar-refractivity contribution in [3.8, 4) is 26.4 Å². The molecule has 4 heterocycles. The van der Waals surface area contributed by atoms with Gasteiger partial charge in [0.05, 0.1) is 32.5 Å². The van der Waals surface area contributed by atoms with Gasteiger partial charge in [-0.15, -0.1) is 34.0 Å². The molecule has 7 rings (SSSR count). The highest BCUT2D eigenvalue weighted by atomic mass is 32.1. The van der Waals surface area contributed by atoms with Gasteiger partial charge in [0.15, 0.2) is 0 Å². The van der Waals surface area contributed by atoms with Crippen LogP contribution in [0.1, 0.15) is 47.2 Å². The number of carboxylic acids is 1. The summed E-state index contributed by atoms with van der Waals surface area (Å²) >= 11 is 4.86. The summed E-state index contributed by atoms with van der Waals surface area (Å²) < 4.78 is 1.19. The van der Waals surface area contributed by atoms with E-state index < -0.39 is 5.97 Å². The fourth-order valence-electron chi connectivity index (χ4n) is 6.04. The number of hydrogen-bond acceptors (Lipinski definition) is 9. The summed E-state index contributed by atoms with van der Waals surface area (Å²) in [5.74, 6) is -1.22. The molecule has 49 heavy (non-hydrogen) atoms. The van der Waals surface area contributed by atoms with Crippen molar-refractivity contribution < 1.29 is 9.90 Å². The number of thiazole rings is 1. The average molecular weight is 700 g/mol. The van der Waals surface area contributed by atoms with Gasteiger partial charge in [0.1, 0.15) is 16.6 Å². The second kappa shape index (κ2) is 13.8. The molecular weight excluding hydrogens is 667 g/mol. The number of thiophene rings is 2. The van der Waals surface area contributed by atoms with E-state index >= 15 is 0 Å². The van der Waals surface area contributed by atoms with Gasteiger partial charge in [-0.1, -0.05) is 18.2 Å². The van der Waals surface area contributed by atoms with E-state index in [-0.39, 0.29) is 11.6 Å². The molecule has 3 aromatic heterocycles. The molecule has 0 aliphatic carbocycles. The van der Waals surface area contributed by atoms with Crippen LogP contribution in [0.25, 0.3) is 36.6 Å². The van der Waals surface area contributed by atoms with Crippen LogP contribution >= 0.6 is 34.0 Å². The zero-order valence-corrected chi connectivity index (χ0v) is 29.7. The lowest BCUT2D eigenvalue weighted by atomic mass is 10.00. The number of nitriles is 1. The highest BCUT2D eigenvalue weighted by Gasteiger charge is 2.31. The lowest BCUT2D eigenvalue weighted by Crippen LogP contribution is -2.22. The topological polar surface area (TPSA) is 92.8 Å². The van der Waals surface area contributed by atoms with Gasteiger partial charge in [0, 0.05) is 45.4 Å². The van der Waals surface area contributed by atoms with Crippen molar-refractivity contribution >= 4 is 73.4 Å². The SMILES string of the molecule is CCN(CC)c1ccc(C2CC(c3ccc(-c4ccc(C=C(C#N)C(=O)O)s4)s3)=NN2c2ccc(-c3nc4ccc(C)cc4s3)cc2)cc1. The summed E-state index contributed by atoms with van der Waals surface area (Å²) in [4.78, 5) is 22.5. The predicted octanol–water partition coefficient (Wildman–Crippen LogP) is 10.3. The number of fused-ring (bicyclic) bond motifs is 1. The maximum Gasteiger partial charge on any atom is 0.346 e. The number of anilines is 2. The summed E-state index contributed by atoms with van der Waals surface area (Å²) in [7, 11) is 0. The molecule has 0 radical (unpaired) electrons. The van der Waals surface area contributed by atoms with Crippen LogP contribution in [0.15, 0.2) is 102 Å². The monoisotopic (exact) mass is 699 g/mol. The third kappa shape index (κ3) is 6.65. The molecule has 6 aromatic rings. The Morgan fingerprint density at radius 2 is 1.65 bits per heavy atom. The first-order valence-corrected chi connectivity index (χ1v) is 18.5. The first-order chi connectivity index (χ1) is 23.8. The number of carbonyl (C=O) groups is 1. The van der Waals surface area contributed by atoms with Gasteiger partial charge in [0.2, 0.25) is 0 Å². The lowest BCUT2D eigenvalue weighted by molar-refractivity contribution is -0.132. The number of carboxylic acid groups (broad SMARTS) is 1. The Balaban J connectivity index is 1.20. The molecule has 0 amide bonds. The minimum Gasteiger partial charge on any atom is -0.477 e. The summed E-state index contributed by atoms with van der Waals surface area (Å²) in [6.45, 7) is 8.38. The van der Waals surface area contributed by atoms with Gasteiger partial charge >= 0.3 is 5.97 Å². The molecule has 0 bridgehead atoms. The van der Waals surface area contributed by atoms with E-state index in [1.54, 1.807) is 28.7 Å². The van der Waals surface area contributed by atoms with Crippen molar-refractivity contribution in [3.05, 3.63) is 117 Å². The van der Waals surface area contributed by atoms with E-state index in [4.69, 9.17) is 15.3 Å². The molecule has 10 heteroatoms. The van der Waals surface area contributed by atoms with Crippen molar-refractivity contribution in [3.63, 3.8) is 0 Å². The van der Waals surface area contributed by atoms with Gasteiger partial charge in [-0.05, 0) is 111 Å². The molecule has 1 unspecified atom stereocenters. The minimum absolute atomic E-state index is 0.0291. The first-order valence-electron chi connectivity index (χ1n) is 16.1. The van der Waals surface area contributed by atoms with Gasteiger partial charge in [-0.3, -0.25) is 5.01 Å². The van der Waals surface area contributed by atoms with Crippen molar-refractivity contribution in [2.24, 2.45) is 5.10 Å². The molecule has 1 aliphatic rings. The predicted molar refractivity (Wildman–Crippen MR) is 205 cm³/mol. The molecule has 0 spiro atoms. The van der Waals surface area contributed by atoms with E-state index in [0.29, 0.717) is 0 Å². The fourth-order valence-corrected chi connectivity index (χ4v) is 9.15. The average Bonchev–Trinajstić information content (AvgIpc) is 3.94. The highest BCUT2D eigenvalue weighted by Crippen LogP contribution is 2.41. The van der Waals surface area contributed by atoms with E-state index in [1.807, 2.05) is 12.1 Å². The van der Waals surface area contributed by atoms with Crippen molar-refractivity contribution in [2.75, 3.05) is 23.0 Å². The maximum absolute atomic E-state index is 11.3. The van der Waals surface area contributed by atoms with E-state index in [0.717, 1.165) is 66.5 Å². The van der Waals surface area contributed by atoms with E-state index in [9.17, 15) is 9.90 Å². The Hall–Kier alpha value is -5.08. The van der Waals surface area contributed by atoms with Crippen LogP contribution in [-0.4, -0.2) is 34.9 Å². The van der Waals surface area contributed by atoms with Crippen molar-refractivity contribution in [1.82, 2.24) is 4.98 Å². The first kappa shape index (κ1) is 32.5. The molecule has 7 nitrogen and oxygen atoms in total. The fraction of sp³-hybridized carbons (Fsp3) is 0.179. The number of hydrogen-bond donors (Lipinski definition) is 1. The second-order valence-corrected chi connectivity index (χ2v) is 15.0. The third-order valence-corrected chi connectivity index (χ3v) is 12.1. The van der Waals surface area contributed by atoms with Crippen LogP contribution in [-0.2, 0) is 4.79 Å². The van der Waals surface area contributed by atoms with Crippen LogP contribution in [0.2, 0.25) is 0 Å². The van der Waals surface area contributed by atoms with E-state index in [1.165, 1.54) is 38.9 Å². The molecule has 3 aromatic carbocycles. The molecule has 0 fully saturated rings. The van der Waals surface area contributed by atoms with Crippen LogP contribution in [0.3, 0.4) is 0 Å². The minimum atomic E-state index is -1.22. The quantitative estimate of drug-likeness (QED) is 0.113. The zero-order valence-electron chi connectivity index (χ0n) is 27.3. The molecule has 244 valence electrons. The van der Waals surface area contributed by atoms with Crippen molar-refractivity contribution in [1.29, 1.82) is 5.26 Å². The van der Waals surface area contributed by atoms with Gasteiger partial charge in [-0.25, -0.2) is 9.78 Å². The molecule has 1 aliphatic heterocycles. The Labute approximate surface area is 297 Å². The van der Waals surface area contributed by atoms with Crippen LogP contribution in [0, 0.1) is 18.3 Å². The number of rotatable bonds is 10. The smallest absolute Gasteiger partial charge is 0.346 e. The Kier molecular flexibility index (Phi) is 9.15. The molecule has 1 N–H and O–H groups in total. The molecule has 1 atom stereocenters. The second-order valence-electron chi connectivity index (χ2n) is 11.8. The summed E-state index contributed by atoms with van der Waals surface area (Å²) in [6.07, 6.45) is 2.18. The Morgan fingerprint density at radius 1 is 0.939 bits per heavy atom. The number of nitrogens with zero attached hydrogens (tertiary/aromatic N) is 5. The Bertz CT molecular complexity index is 2250. The standard InChI is InChI=1S/C39H33N5O2S3/c1-4-43(5-2)28-11-7-25(8-12-28)33-22-32(34-18-19-36(48-34)35-17-15-30(47-35)21-27(23-40)39(45)46)42-44(33)29-13-9-26(10-14-29)38-41-31-16-6-24(3)20-37(31)49-38/h6-21,33H,4-5,22H2,1-3H3,(H,45,46). The van der Waals surface area contributed by atoms with Crippen LogP contribution < -0.4 is 9.91 Å².